The molecule has 1 aliphatic heterocycles. The van der Waals surface area contributed by atoms with Crippen molar-refractivity contribution >= 4 is 5.91 Å². The van der Waals surface area contributed by atoms with Gasteiger partial charge in [-0.15, -0.1) is 0 Å². The largest absolute Gasteiger partial charge is 0.497 e. The molecular weight excluding hydrogens is 344 g/mol. The molecule has 144 valence electrons. The standard InChI is InChI=1S/C21H26N2O4/c1-25-18-6-4-16(5-7-18)15-22-8-10-23(11-9-22)21(24)17-12-19(26-2)14-20(13-17)27-3/h4-7,12-14H,8-11,15H2,1-3H3/p+1. The first-order valence-electron chi connectivity index (χ1n) is 9.11. The zero-order valence-corrected chi connectivity index (χ0v) is 16.2. The van der Waals surface area contributed by atoms with Crippen LogP contribution in [0.2, 0.25) is 0 Å². The highest BCUT2D eigenvalue weighted by Crippen LogP contribution is 2.23. The lowest BCUT2D eigenvalue weighted by Crippen LogP contribution is -3.13. The number of methoxy groups -OCH3 is 3. The van der Waals surface area contributed by atoms with Crippen LogP contribution >= 0.6 is 0 Å². The number of amides is 1. The average Bonchev–Trinajstić information content (AvgIpc) is 2.74. The number of ether oxygens (including phenoxy) is 3. The van der Waals surface area contributed by atoms with Gasteiger partial charge in [0.25, 0.3) is 5.91 Å². The summed E-state index contributed by atoms with van der Waals surface area (Å²) in [4.78, 5) is 16.3. The molecule has 0 aliphatic carbocycles. The van der Waals surface area contributed by atoms with Gasteiger partial charge in [0.05, 0.1) is 47.5 Å². The Kier molecular flexibility index (Phi) is 6.19. The van der Waals surface area contributed by atoms with E-state index in [-0.39, 0.29) is 5.91 Å². The number of carbonyl (C=O) groups is 1. The molecule has 0 saturated carbocycles. The molecule has 6 heteroatoms. The number of nitrogens with one attached hydrogen (secondary N) is 1. The first kappa shape index (κ1) is 19.0. The van der Waals surface area contributed by atoms with Crippen LogP contribution in [-0.2, 0) is 6.54 Å². The summed E-state index contributed by atoms with van der Waals surface area (Å²) in [5, 5.41) is 0. The topological polar surface area (TPSA) is 52.4 Å². The number of carbonyl (C=O) groups excluding carboxylic acids is 1. The second-order valence-corrected chi connectivity index (χ2v) is 6.67. The van der Waals surface area contributed by atoms with Crippen LogP contribution in [0.4, 0.5) is 0 Å². The van der Waals surface area contributed by atoms with Gasteiger partial charge in [-0.25, -0.2) is 0 Å². The fourth-order valence-electron chi connectivity index (χ4n) is 3.35. The second-order valence-electron chi connectivity index (χ2n) is 6.67. The van der Waals surface area contributed by atoms with Crippen LogP contribution in [0, 0.1) is 0 Å². The van der Waals surface area contributed by atoms with Gasteiger partial charge in [-0.05, 0) is 36.4 Å². The Balaban J connectivity index is 1.59. The van der Waals surface area contributed by atoms with E-state index in [0.717, 1.165) is 38.5 Å². The number of quaternary nitrogens is 1. The minimum atomic E-state index is 0.0238. The first-order chi connectivity index (χ1) is 13.1. The van der Waals surface area contributed by atoms with Crippen LogP contribution in [0.1, 0.15) is 15.9 Å². The molecule has 2 aromatic rings. The number of hydrogen-bond donors (Lipinski definition) is 1. The molecule has 0 radical (unpaired) electrons. The van der Waals surface area contributed by atoms with Crippen LogP contribution in [0.15, 0.2) is 42.5 Å². The molecule has 2 aromatic carbocycles. The van der Waals surface area contributed by atoms with E-state index in [1.807, 2.05) is 17.0 Å². The van der Waals surface area contributed by atoms with Gasteiger partial charge in [-0.2, -0.15) is 0 Å². The molecule has 1 amide bonds. The number of hydrogen-bond acceptors (Lipinski definition) is 4. The maximum absolute atomic E-state index is 12.9. The van der Waals surface area contributed by atoms with Gasteiger partial charge in [0.1, 0.15) is 23.8 Å². The molecule has 0 bridgehead atoms. The summed E-state index contributed by atoms with van der Waals surface area (Å²) in [6, 6.07) is 13.5. The lowest BCUT2D eigenvalue weighted by Gasteiger charge is -2.32. The Morgan fingerprint density at radius 1 is 0.889 bits per heavy atom. The van der Waals surface area contributed by atoms with Gasteiger partial charge < -0.3 is 24.0 Å². The molecule has 6 nitrogen and oxygen atoms in total. The number of nitrogens with zero attached hydrogens (tertiary/aromatic N) is 1. The van der Waals surface area contributed by atoms with Crippen molar-refractivity contribution in [2.45, 2.75) is 6.54 Å². The molecule has 0 unspecified atom stereocenters. The van der Waals surface area contributed by atoms with E-state index >= 15 is 0 Å². The van der Waals surface area contributed by atoms with Crippen LogP contribution in [0.3, 0.4) is 0 Å². The van der Waals surface area contributed by atoms with Crippen molar-refractivity contribution in [1.29, 1.82) is 0 Å². The summed E-state index contributed by atoms with van der Waals surface area (Å²) in [5.41, 5.74) is 1.88. The number of piperazine rings is 1. The smallest absolute Gasteiger partial charge is 0.254 e. The zero-order valence-electron chi connectivity index (χ0n) is 16.2. The summed E-state index contributed by atoms with van der Waals surface area (Å²) in [5.74, 6) is 2.15. The van der Waals surface area contributed by atoms with E-state index in [2.05, 4.69) is 12.1 Å². The molecular formula is C21H27N2O4+. The summed E-state index contributed by atoms with van der Waals surface area (Å²) >= 11 is 0. The molecule has 1 aliphatic rings. The van der Waals surface area contributed by atoms with Crippen LogP contribution in [0.5, 0.6) is 17.2 Å². The van der Waals surface area contributed by atoms with Crippen LogP contribution in [0.25, 0.3) is 0 Å². The summed E-state index contributed by atoms with van der Waals surface area (Å²) in [7, 11) is 4.85. The third kappa shape index (κ3) is 4.71. The van der Waals surface area contributed by atoms with E-state index in [4.69, 9.17) is 14.2 Å². The number of benzene rings is 2. The van der Waals surface area contributed by atoms with Crippen molar-refractivity contribution in [3.8, 4) is 17.2 Å². The van der Waals surface area contributed by atoms with Gasteiger partial charge in [-0.1, -0.05) is 0 Å². The zero-order chi connectivity index (χ0) is 19.2. The van der Waals surface area contributed by atoms with Crippen molar-refractivity contribution in [3.63, 3.8) is 0 Å². The minimum absolute atomic E-state index is 0.0238. The summed E-state index contributed by atoms with van der Waals surface area (Å²) in [6.07, 6.45) is 0. The van der Waals surface area contributed by atoms with Crippen molar-refractivity contribution in [2.75, 3.05) is 47.5 Å². The minimum Gasteiger partial charge on any atom is -0.497 e. The lowest BCUT2D eigenvalue weighted by atomic mass is 10.1. The highest BCUT2D eigenvalue weighted by molar-refractivity contribution is 5.95. The molecule has 1 saturated heterocycles. The fraction of sp³-hybridized carbons (Fsp3) is 0.381. The van der Waals surface area contributed by atoms with Crippen molar-refractivity contribution in [2.24, 2.45) is 0 Å². The first-order valence-corrected chi connectivity index (χ1v) is 9.11. The predicted molar refractivity (Wildman–Crippen MR) is 103 cm³/mol. The van der Waals surface area contributed by atoms with Crippen molar-refractivity contribution in [3.05, 3.63) is 53.6 Å². The highest BCUT2D eigenvalue weighted by Gasteiger charge is 2.25. The monoisotopic (exact) mass is 371 g/mol. The molecule has 0 atom stereocenters. The SMILES string of the molecule is COc1ccc(C[NH+]2CCN(C(=O)c3cc(OC)cc(OC)c3)CC2)cc1. The highest BCUT2D eigenvalue weighted by atomic mass is 16.5. The van der Waals surface area contributed by atoms with E-state index in [9.17, 15) is 4.79 Å². The van der Waals surface area contributed by atoms with Crippen LogP contribution < -0.4 is 19.1 Å². The Bertz CT molecular complexity index is 746. The maximum Gasteiger partial charge on any atom is 0.254 e. The second kappa shape index (κ2) is 8.77. The van der Waals surface area contributed by atoms with E-state index in [0.29, 0.717) is 17.1 Å². The van der Waals surface area contributed by atoms with E-state index in [1.54, 1.807) is 39.5 Å². The van der Waals surface area contributed by atoms with Crippen molar-refractivity contribution in [1.82, 2.24) is 4.90 Å². The molecule has 3 rings (SSSR count). The van der Waals surface area contributed by atoms with Gasteiger partial charge in [0, 0.05) is 17.2 Å². The van der Waals surface area contributed by atoms with Crippen molar-refractivity contribution < 1.29 is 23.9 Å². The molecule has 27 heavy (non-hydrogen) atoms. The molecule has 0 aromatic heterocycles. The van der Waals surface area contributed by atoms with Gasteiger partial charge in [-0.3, -0.25) is 4.79 Å². The Morgan fingerprint density at radius 2 is 1.44 bits per heavy atom. The van der Waals surface area contributed by atoms with Gasteiger partial charge in [0.2, 0.25) is 0 Å². The molecule has 1 N–H and O–H groups in total. The summed E-state index contributed by atoms with van der Waals surface area (Å²) in [6.45, 7) is 4.30. The summed E-state index contributed by atoms with van der Waals surface area (Å²) < 4.78 is 15.7. The fourth-order valence-corrected chi connectivity index (χ4v) is 3.35. The number of rotatable bonds is 6. The Morgan fingerprint density at radius 3 is 1.96 bits per heavy atom. The molecule has 1 heterocycles. The molecule has 1 fully saturated rings. The quantitative estimate of drug-likeness (QED) is 0.831. The average molecular weight is 371 g/mol. The van der Waals surface area contributed by atoms with Gasteiger partial charge >= 0.3 is 0 Å². The Labute approximate surface area is 160 Å². The normalized spacial score (nSPS) is 14.7. The van der Waals surface area contributed by atoms with Gasteiger partial charge in [0.15, 0.2) is 0 Å². The lowest BCUT2D eigenvalue weighted by molar-refractivity contribution is -0.917. The third-order valence-electron chi connectivity index (χ3n) is 4.97. The van der Waals surface area contributed by atoms with Crippen LogP contribution in [-0.4, -0.2) is 58.3 Å². The van der Waals surface area contributed by atoms with E-state index < -0.39 is 0 Å². The third-order valence-corrected chi connectivity index (χ3v) is 4.97. The maximum atomic E-state index is 12.9. The Hall–Kier alpha value is -2.73. The van der Waals surface area contributed by atoms with E-state index in [1.165, 1.54) is 10.5 Å². The molecule has 0 spiro atoms. The predicted octanol–water partition coefficient (Wildman–Crippen LogP) is 1.25.